The predicted octanol–water partition coefficient (Wildman–Crippen LogP) is 6.93. The number of amides is 2. The third kappa shape index (κ3) is 9.02. The SMILES string of the molecule is C=C1CC2C=Nc3cc(OCCCC(=C)NC(=C/C)/C=C(\C)C(=O)NC(=C/C)/C=C(\C)C(=O)CCC)c(C)cc3C(=O)N2C1. The van der Waals surface area contributed by atoms with Crippen molar-refractivity contribution in [2.75, 3.05) is 13.2 Å². The molecule has 0 aliphatic carbocycles. The Labute approximate surface area is 262 Å². The summed E-state index contributed by atoms with van der Waals surface area (Å²) in [5, 5.41) is 6.16. The molecule has 8 heteroatoms. The van der Waals surface area contributed by atoms with E-state index in [9.17, 15) is 14.4 Å². The van der Waals surface area contributed by atoms with Gasteiger partial charge in [-0.15, -0.1) is 0 Å². The van der Waals surface area contributed by atoms with Gasteiger partial charge >= 0.3 is 0 Å². The predicted molar refractivity (Wildman–Crippen MR) is 178 cm³/mol. The number of hydrogen-bond donors (Lipinski definition) is 2. The molecule has 44 heavy (non-hydrogen) atoms. The Bertz CT molecular complexity index is 1470. The molecular formula is C36H46N4O4. The normalized spacial score (nSPS) is 17.2. The quantitative estimate of drug-likeness (QED) is 0.105. The topological polar surface area (TPSA) is 100 Å². The van der Waals surface area contributed by atoms with Gasteiger partial charge in [-0.25, -0.2) is 0 Å². The zero-order valence-corrected chi connectivity index (χ0v) is 27.0. The van der Waals surface area contributed by atoms with Crippen LogP contribution >= 0.6 is 0 Å². The van der Waals surface area contributed by atoms with Crippen molar-refractivity contribution in [2.24, 2.45) is 4.99 Å². The highest BCUT2D eigenvalue weighted by atomic mass is 16.5. The van der Waals surface area contributed by atoms with Gasteiger partial charge in [-0.05, 0) is 89.7 Å². The lowest BCUT2D eigenvalue weighted by Crippen LogP contribution is -2.35. The second-order valence-electron chi connectivity index (χ2n) is 11.3. The van der Waals surface area contributed by atoms with Crippen LogP contribution in [-0.2, 0) is 9.59 Å². The van der Waals surface area contributed by atoms with Gasteiger partial charge in [-0.3, -0.25) is 19.4 Å². The molecule has 1 fully saturated rings. The zero-order valence-electron chi connectivity index (χ0n) is 27.0. The second-order valence-corrected chi connectivity index (χ2v) is 11.3. The van der Waals surface area contributed by atoms with E-state index in [1.165, 1.54) is 0 Å². The lowest BCUT2D eigenvalue weighted by molar-refractivity contribution is -0.117. The van der Waals surface area contributed by atoms with Crippen LogP contribution in [0.5, 0.6) is 5.75 Å². The van der Waals surface area contributed by atoms with Crippen LogP contribution in [0.15, 0.2) is 88.4 Å². The molecule has 2 aliphatic rings. The first-order valence-corrected chi connectivity index (χ1v) is 15.2. The van der Waals surface area contributed by atoms with Crippen molar-refractivity contribution in [1.29, 1.82) is 0 Å². The molecule has 0 bridgehead atoms. The van der Waals surface area contributed by atoms with Gasteiger partial charge < -0.3 is 20.3 Å². The number of carbonyl (C=O) groups excluding carboxylic acids is 3. The van der Waals surface area contributed by atoms with E-state index in [-0.39, 0.29) is 23.6 Å². The number of benzene rings is 1. The third-order valence-corrected chi connectivity index (χ3v) is 7.56. The molecule has 1 saturated heterocycles. The van der Waals surface area contributed by atoms with E-state index in [0.717, 1.165) is 41.8 Å². The number of hydrogen-bond acceptors (Lipinski definition) is 6. The van der Waals surface area contributed by atoms with Gasteiger partial charge in [0.05, 0.1) is 23.9 Å². The molecular weight excluding hydrogens is 552 g/mol. The van der Waals surface area contributed by atoms with Gasteiger partial charge in [-0.1, -0.05) is 37.8 Å². The summed E-state index contributed by atoms with van der Waals surface area (Å²) in [4.78, 5) is 44.5. The molecule has 0 saturated carbocycles. The van der Waals surface area contributed by atoms with Crippen LogP contribution in [0.25, 0.3) is 0 Å². The fraction of sp³-hybridized carbons (Fsp3) is 0.389. The first-order valence-electron chi connectivity index (χ1n) is 15.2. The van der Waals surface area contributed by atoms with E-state index in [2.05, 4.69) is 28.8 Å². The second kappa shape index (κ2) is 15.8. The van der Waals surface area contributed by atoms with Gasteiger partial charge in [-0.2, -0.15) is 0 Å². The minimum absolute atomic E-state index is 0.0205. The summed E-state index contributed by atoms with van der Waals surface area (Å²) < 4.78 is 6.08. The molecule has 2 N–H and O–H groups in total. The number of Topliss-reactive ketones (excluding diaryl/α,β-unsaturated/α-hetero) is 1. The number of ketones is 1. The minimum atomic E-state index is -0.252. The number of aryl methyl sites for hydroxylation is 1. The van der Waals surface area contributed by atoms with Crippen LogP contribution in [0.1, 0.15) is 82.6 Å². The van der Waals surface area contributed by atoms with E-state index in [0.29, 0.717) is 59.8 Å². The molecule has 0 radical (unpaired) electrons. The van der Waals surface area contributed by atoms with Crippen molar-refractivity contribution in [3.05, 3.63) is 94.5 Å². The van der Waals surface area contributed by atoms with Crippen LogP contribution in [0, 0.1) is 6.92 Å². The minimum Gasteiger partial charge on any atom is -0.493 e. The van der Waals surface area contributed by atoms with E-state index in [1.54, 1.807) is 32.1 Å². The fourth-order valence-electron chi connectivity index (χ4n) is 5.00. The maximum Gasteiger partial charge on any atom is 0.256 e. The molecule has 2 heterocycles. The molecule has 0 aromatic heterocycles. The first kappa shape index (κ1) is 34.0. The average molecular weight is 599 g/mol. The molecule has 234 valence electrons. The van der Waals surface area contributed by atoms with E-state index in [4.69, 9.17) is 4.74 Å². The highest BCUT2D eigenvalue weighted by Crippen LogP contribution is 2.34. The number of carbonyl (C=O) groups is 3. The maximum absolute atomic E-state index is 13.1. The van der Waals surface area contributed by atoms with Crippen LogP contribution in [0.4, 0.5) is 5.69 Å². The summed E-state index contributed by atoms with van der Waals surface area (Å²) in [7, 11) is 0. The Morgan fingerprint density at radius 2 is 1.77 bits per heavy atom. The lowest BCUT2D eigenvalue weighted by Gasteiger charge is -2.20. The van der Waals surface area contributed by atoms with Crippen molar-refractivity contribution < 1.29 is 19.1 Å². The van der Waals surface area contributed by atoms with Gasteiger partial charge in [0, 0.05) is 47.9 Å². The number of nitrogens with zero attached hydrogens (tertiary/aromatic N) is 2. The number of aliphatic imine (C=N–C) groups is 1. The van der Waals surface area contributed by atoms with Gasteiger partial charge in [0.25, 0.3) is 11.8 Å². The molecule has 8 nitrogen and oxygen atoms in total. The van der Waals surface area contributed by atoms with Gasteiger partial charge in [0.2, 0.25) is 0 Å². The van der Waals surface area contributed by atoms with Gasteiger partial charge in [0.15, 0.2) is 5.78 Å². The van der Waals surface area contributed by atoms with Crippen molar-refractivity contribution in [3.63, 3.8) is 0 Å². The summed E-state index contributed by atoms with van der Waals surface area (Å²) in [6, 6.07) is 3.67. The summed E-state index contributed by atoms with van der Waals surface area (Å²) in [5.74, 6) is 0.507. The molecule has 0 spiro atoms. The summed E-state index contributed by atoms with van der Waals surface area (Å²) in [6.07, 6.45) is 12.4. The van der Waals surface area contributed by atoms with Crippen molar-refractivity contribution in [2.45, 2.75) is 79.7 Å². The van der Waals surface area contributed by atoms with Crippen molar-refractivity contribution in [3.8, 4) is 5.75 Å². The van der Waals surface area contributed by atoms with Gasteiger partial charge in [0.1, 0.15) is 5.75 Å². The number of ether oxygens (including phenoxy) is 1. The van der Waals surface area contributed by atoms with Crippen LogP contribution in [0.3, 0.4) is 0 Å². The van der Waals surface area contributed by atoms with Crippen molar-refractivity contribution in [1.82, 2.24) is 15.5 Å². The molecule has 1 aromatic carbocycles. The molecule has 1 aromatic rings. The standard InChI is InChI=1S/C36H46N4O4/c1-9-13-33(41)24(5)17-29(11-3)39-35(42)26(7)18-28(10-2)38-27(8)14-12-15-44-34-20-32-31(19-25(34)6)36(43)40-22-23(4)16-30(40)21-37-32/h10-11,17-21,30,38H,4,8-9,12-16,22H2,1-3,5-7H3,(H,39,42)/b24-17+,26-18+,28-10+,29-11+. The third-order valence-electron chi connectivity index (χ3n) is 7.56. The smallest absolute Gasteiger partial charge is 0.256 e. The van der Waals surface area contributed by atoms with Crippen LogP contribution in [0.2, 0.25) is 0 Å². The highest BCUT2D eigenvalue weighted by Gasteiger charge is 2.33. The van der Waals surface area contributed by atoms with E-state index in [1.807, 2.05) is 57.0 Å². The molecule has 3 rings (SSSR count). The molecule has 2 aliphatic heterocycles. The monoisotopic (exact) mass is 598 g/mol. The Morgan fingerprint density at radius 1 is 1.09 bits per heavy atom. The lowest BCUT2D eigenvalue weighted by atomic mass is 10.1. The van der Waals surface area contributed by atoms with E-state index < -0.39 is 0 Å². The number of fused-ring (bicyclic) bond motifs is 2. The van der Waals surface area contributed by atoms with Crippen LogP contribution < -0.4 is 15.4 Å². The fourth-order valence-corrected chi connectivity index (χ4v) is 5.00. The average Bonchev–Trinajstić information content (AvgIpc) is 3.32. The Hall–Kier alpha value is -4.46. The Morgan fingerprint density at radius 3 is 2.45 bits per heavy atom. The number of allylic oxidation sites excluding steroid dienone is 6. The highest BCUT2D eigenvalue weighted by molar-refractivity contribution is 6.03. The summed E-state index contributed by atoms with van der Waals surface area (Å²) in [6.45, 7) is 20.3. The Kier molecular flexibility index (Phi) is 12.3. The first-order chi connectivity index (χ1) is 21.0. The number of rotatable bonds is 14. The van der Waals surface area contributed by atoms with Crippen LogP contribution in [-0.4, -0.2) is 47.9 Å². The zero-order chi connectivity index (χ0) is 32.4. The molecule has 1 unspecified atom stereocenters. The summed E-state index contributed by atoms with van der Waals surface area (Å²) >= 11 is 0. The maximum atomic E-state index is 13.1. The Balaban J connectivity index is 1.51. The molecule has 1 atom stereocenters. The summed E-state index contributed by atoms with van der Waals surface area (Å²) in [5.41, 5.74) is 6.41. The van der Waals surface area contributed by atoms with E-state index >= 15 is 0 Å². The number of nitrogens with one attached hydrogen (secondary N) is 2. The largest absolute Gasteiger partial charge is 0.493 e. The molecule has 2 amide bonds. The van der Waals surface area contributed by atoms with Crippen molar-refractivity contribution >= 4 is 29.5 Å².